The highest BCUT2D eigenvalue weighted by Crippen LogP contribution is 2.18. The quantitative estimate of drug-likeness (QED) is 0.672. The Morgan fingerprint density at radius 2 is 2.06 bits per heavy atom. The molecule has 0 atom stereocenters. The number of rotatable bonds is 4. The van der Waals surface area contributed by atoms with Crippen molar-refractivity contribution < 1.29 is 4.74 Å². The predicted octanol–water partition coefficient (Wildman–Crippen LogP) is 2.71. The molecule has 2 aromatic rings. The van der Waals surface area contributed by atoms with Crippen LogP contribution in [0, 0.1) is 0 Å². The van der Waals surface area contributed by atoms with Gasteiger partial charge in [-0.1, -0.05) is 28.1 Å². The second-order valence-corrected chi connectivity index (χ2v) is 4.32. The van der Waals surface area contributed by atoms with Crippen molar-refractivity contribution in [1.29, 1.82) is 0 Å². The van der Waals surface area contributed by atoms with Crippen molar-refractivity contribution >= 4 is 21.7 Å². The molecule has 1 aromatic carbocycles. The lowest BCUT2D eigenvalue weighted by atomic mass is 10.3. The van der Waals surface area contributed by atoms with E-state index in [1.807, 2.05) is 36.4 Å². The molecule has 1 heterocycles. The van der Waals surface area contributed by atoms with E-state index in [0.717, 1.165) is 15.9 Å². The molecule has 3 N–H and O–H groups in total. The largest absolute Gasteiger partial charge is 0.487 e. The van der Waals surface area contributed by atoms with Gasteiger partial charge in [0.25, 0.3) is 0 Å². The number of halogens is 1. The number of ether oxygens (including phenoxy) is 1. The number of benzene rings is 1. The first-order chi connectivity index (χ1) is 8.28. The van der Waals surface area contributed by atoms with Crippen LogP contribution < -0.4 is 16.0 Å². The lowest BCUT2D eigenvalue weighted by Crippen LogP contribution is -2.09. The van der Waals surface area contributed by atoms with E-state index in [0.29, 0.717) is 12.4 Å². The van der Waals surface area contributed by atoms with Crippen LogP contribution in [-0.4, -0.2) is 4.98 Å². The Balaban J connectivity index is 2.02. The molecule has 0 aliphatic carbocycles. The number of nitrogen functional groups attached to an aromatic ring is 1. The molecule has 88 valence electrons. The van der Waals surface area contributed by atoms with Crippen LogP contribution in [0.2, 0.25) is 0 Å². The average Bonchev–Trinajstić information content (AvgIpc) is 2.37. The third kappa shape index (κ3) is 3.44. The fraction of sp³-hybridized carbons (Fsp3) is 0.0833. The fourth-order valence-electron chi connectivity index (χ4n) is 1.35. The third-order valence-corrected chi connectivity index (χ3v) is 2.63. The van der Waals surface area contributed by atoms with Gasteiger partial charge in [0.1, 0.15) is 18.2 Å². The molecule has 1 aromatic heterocycles. The highest BCUT2D eigenvalue weighted by Gasteiger charge is 1.99. The van der Waals surface area contributed by atoms with Gasteiger partial charge in [0.05, 0.1) is 5.69 Å². The second-order valence-electron chi connectivity index (χ2n) is 3.40. The highest BCUT2D eigenvalue weighted by molar-refractivity contribution is 9.10. The summed E-state index contributed by atoms with van der Waals surface area (Å²) in [5, 5.41) is 0. The monoisotopic (exact) mass is 293 g/mol. The van der Waals surface area contributed by atoms with Gasteiger partial charge in [-0.25, -0.2) is 10.8 Å². The molecule has 17 heavy (non-hydrogen) atoms. The number of pyridine rings is 1. The first kappa shape index (κ1) is 11.9. The molecule has 0 saturated heterocycles. The zero-order chi connectivity index (χ0) is 12.1. The molecule has 0 unspecified atom stereocenters. The zero-order valence-electron chi connectivity index (χ0n) is 9.06. The smallest absolute Gasteiger partial charge is 0.140 e. The van der Waals surface area contributed by atoms with Gasteiger partial charge in [-0.05, 0) is 30.3 Å². The number of hydrogen-bond acceptors (Lipinski definition) is 4. The standard InChI is InChI=1S/C12H12BrN3O/c13-9-3-1-5-11(7-9)17-8-10-4-2-6-12(15-10)16-14/h1-7H,8,14H2,(H,15,16). The summed E-state index contributed by atoms with van der Waals surface area (Å²) in [7, 11) is 0. The molecule has 0 saturated carbocycles. The first-order valence-electron chi connectivity index (χ1n) is 5.09. The van der Waals surface area contributed by atoms with Crippen LogP contribution in [0.4, 0.5) is 5.82 Å². The summed E-state index contributed by atoms with van der Waals surface area (Å²) in [5.41, 5.74) is 3.32. The fourth-order valence-corrected chi connectivity index (χ4v) is 1.73. The maximum Gasteiger partial charge on any atom is 0.140 e. The van der Waals surface area contributed by atoms with E-state index in [-0.39, 0.29) is 0 Å². The summed E-state index contributed by atoms with van der Waals surface area (Å²) in [6.45, 7) is 0.409. The number of aromatic nitrogens is 1. The number of nitrogens with zero attached hydrogens (tertiary/aromatic N) is 1. The lowest BCUT2D eigenvalue weighted by Gasteiger charge is -2.07. The third-order valence-electron chi connectivity index (χ3n) is 2.14. The molecular weight excluding hydrogens is 282 g/mol. The predicted molar refractivity (Wildman–Crippen MR) is 70.5 cm³/mol. The second kappa shape index (κ2) is 5.65. The van der Waals surface area contributed by atoms with Crippen LogP contribution in [0.25, 0.3) is 0 Å². The average molecular weight is 294 g/mol. The molecule has 4 nitrogen and oxygen atoms in total. The van der Waals surface area contributed by atoms with E-state index in [1.165, 1.54) is 0 Å². The van der Waals surface area contributed by atoms with Crippen LogP contribution in [0.1, 0.15) is 5.69 Å². The van der Waals surface area contributed by atoms with Gasteiger partial charge >= 0.3 is 0 Å². The Morgan fingerprint density at radius 1 is 1.24 bits per heavy atom. The van der Waals surface area contributed by atoms with Crippen molar-refractivity contribution in [1.82, 2.24) is 4.98 Å². The van der Waals surface area contributed by atoms with Crippen molar-refractivity contribution in [2.75, 3.05) is 5.43 Å². The SMILES string of the molecule is NNc1cccc(COc2cccc(Br)c2)n1. The Bertz CT molecular complexity index is 505. The van der Waals surface area contributed by atoms with Gasteiger partial charge in [0.2, 0.25) is 0 Å². The molecule has 0 amide bonds. The first-order valence-corrected chi connectivity index (χ1v) is 5.88. The van der Waals surface area contributed by atoms with Crippen molar-refractivity contribution in [2.45, 2.75) is 6.61 Å². The van der Waals surface area contributed by atoms with E-state index in [9.17, 15) is 0 Å². The van der Waals surface area contributed by atoms with Crippen molar-refractivity contribution in [2.24, 2.45) is 5.84 Å². The molecule has 0 bridgehead atoms. The highest BCUT2D eigenvalue weighted by atomic mass is 79.9. The normalized spacial score (nSPS) is 10.0. The van der Waals surface area contributed by atoms with Gasteiger partial charge in [0.15, 0.2) is 0 Å². The topological polar surface area (TPSA) is 60.2 Å². The molecule has 0 radical (unpaired) electrons. The minimum atomic E-state index is 0.409. The molecule has 2 rings (SSSR count). The van der Waals surface area contributed by atoms with Crippen LogP contribution >= 0.6 is 15.9 Å². The molecule has 5 heteroatoms. The van der Waals surface area contributed by atoms with E-state index < -0.39 is 0 Å². The Kier molecular flexibility index (Phi) is 3.95. The van der Waals surface area contributed by atoms with Crippen LogP contribution in [0.3, 0.4) is 0 Å². The number of hydrogen-bond donors (Lipinski definition) is 2. The van der Waals surface area contributed by atoms with Gasteiger partial charge in [-0.15, -0.1) is 0 Å². The van der Waals surface area contributed by atoms with Crippen molar-refractivity contribution in [3.05, 3.63) is 52.6 Å². The minimum absolute atomic E-state index is 0.409. The number of nitrogens with two attached hydrogens (primary N) is 1. The van der Waals surface area contributed by atoms with E-state index >= 15 is 0 Å². The Labute approximate surface area is 108 Å². The van der Waals surface area contributed by atoms with Gasteiger partial charge in [-0.3, -0.25) is 0 Å². The van der Waals surface area contributed by atoms with Crippen molar-refractivity contribution in [3.8, 4) is 5.75 Å². The summed E-state index contributed by atoms with van der Waals surface area (Å²) in [6.07, 6.45) is 0. The van der Waals surface area contributed by atoms with Crippen molar-refractivity contribution in [3.63, 3.8) is 0 Å². The molecular formula is C12H12BrN3O. The molecule has 0 fully saturated rings. The number of anilines is 1. The number of nitrogens with one attached hydrogen (secondary N) is 1. The zero-order valence-corrected chi connectivity index (χ0v) is 10.6. The number of hydrazine groups is 1. The van der Waals surface area contributed by atoms with Gasteiger partial charge in [-0.2, -0.15) is 0 Å². The van der Waals surface area contributed by atoms with E-state index in [1.54, 1.807) is 6.07 Å². The van der Waals surface area contributed by atoms with E-state index in [2.05, 4.69) is 26.3 Å². The Morgan fingerprint density at radius 3 is 2.82 bits per heavy atom. The van der Waals surface area contributed by atoms with Gasteiger partial charge < -0.3 is 10.2 Å². The van der Waals surface area contributed by atoms with E-state index in [4.69, 9.17) is 10.6 Å². The summed E-state index contributed by atoms with van der Waals surface area (Å²) in [4.78, 5) is 4.26. The summed E-state index contributed by atoms with van der Waals surface area (Å²) in [6, 6.07) is 13.2. The van der Waals surface area contributed by atoms with Gasteiger partial charge in [0, 0.05) is 4.47 Å². The Hall–Kier alpha value is -1.59. The minimum Gasteiger partial charge on any atom is -0.487 e. The summed E-state index contributed by atoms with van der Waals surface area (Å²) >= 11 is 3.39. The van der Waals surface area contributed by atoms with Crippen LogP contribution in [0.5, 0.6) is 5.75 Å². The summed E-state index contributed by atoms with van der Waals surface area (Å²) < 4.78 is 6.60. The maximum absolute atomic E-state index is 5.61. The molecule has 0 spiro atoms. The molecule has 0 aliphatic heterocycles. The lowest BCUT2D eigenvalue weighted by molar-refractivity contribution is 0.301. The van der Waals surface area contributed by atoms with Crippen LogP contribution in [-0.2, 0) is 6.61 Å². The van der Waals surface area contributed by atoms with Crippen LogP contribution in [0.15, 0.2) is 46.9 Å². The summed E-state index contributed by atoms with van der Waals surface area (Å²) in [5.74, 6) is 6.71. The maximum atomic E-state index is 5.61. The molecule has 0 aliphatic rings.